The Morgan fingerprint density at radius 3 is 2.34 bits per heavy atom. The molecule has 4 heteroatoms. The van der Waals surface area contributed by atoms with E-state index in [-0.39, 0.29) is 11.6 Å². The van der Waals surface area contributed by atoms with E-state index in [0.717, 1.165) is 62.6 Å². The fraction of sp³-hybridized carbons (Fsp3) is 0.355. The van der Waals surface area contributed by atoms with Crippen LogP contribution < -0.4 is 5.56 Å². The van der Waals surface area contributed by atoms with Gasteiger partial charge in [-0.25, -0.2) is 4.98 Å². The van der Waals surface area contributed by atoms with Gasteiger partial charge >= 0.3 is 0 Å². The Bertz CT molecular complexity index is 1380. The van der Waals surface area contributed by atoms with Crippen LogP contribution in [0.15, 0.2) is 83.9 Å². The lowest BCUT2D eigenvalue weighted by Gasteiger charge is -2.34. The van der Waals surface area contributed by atoms with E-state index in [4.69, 9.17) is 0 Å². The van der Waals surface area contributed by atoms with Crippen LogP contribution in [0.1, 0.15) is 53.5 Å². The molecule has 6 rings (SSSR count). The second kappa shape index (κ2) is 9.79. The zero-order chi connectivity index (χ0) is 23.6. The van der Waals surface area contributed by atoms with Crippen molar-refractivity contribution in [3.63, 3.8) is 0 Å². The zero-order valence-electron chi connectivity index (χ0n) is 20.3. The standard InChI is InChI=1S/C31H33N3O/c35-31-29-11-5-6-12-30(29)32-22-34(31)27-16-19-33(20-17-27)18-15-26-21-25-9-2-1-7-23(25)13-14-24-8-3-4-10-28(24)26/h1-12,22,26-27H,13-21H2. The lowest BCUT2D eigenvalue weighted by Crippen LogP contribution is -2.38. The molecule has 0 bridgehead atoms. The largest absolute Gasteiger partial charge is 0.303 e. The normalized spacial score (nSPS) is 19.0. The maximum absolute atomic E-state index is 13.0. The lowest BCUT2D eigenvalue weighted by atomic mass is 9.80. The third kappa shape index (κ3) is 4.55. The van der Waals surface area contributed by atoms with Crippen molar-refractivity contribution in [3.8, 4) is 0 Å². The Kier molecular flexibility index (Phi) is 6.22. The predicted octanol–water partition coefficient (Wildman–Crippen LogP) is 5.55. The number of nitrogens with zero attached hydrogens (tertiary/aromatic N) is 3. The van der Waals surface area contributed by atoms with Crippen LogP contribution >= 0.6 is 0 Å². The molecule has 35 heavy (non-hydrogen) atoms. The molecule has 4 nitrogen and oxygen atoms in total. The van der Waals surface area contributed by atoms with Gasteiger partial charge in [-0.1, -0.05) is 60.7 Å². The fourth-order valence-electron chi connectivity index (χ4n) is 6.17. The summed E-state index contributed by atoms with van der Waals surface area (Å²) in [5.41, 5.74) is 6.99. The van der Waals surface area contributed by atoms with Gasteiger partial charge < -0.3 is 4.90 Å². The number of rotatable bonds is 4. The first-order valence-electron chi connectivity index (χ1n) is 13.1. The van der Waals surface area contributed by atoms with E-state index >= 15 is 0 Å². The number of piperidine rings is 1. The summed E-state index contributed by atoms with van der Waals surface area (Å²) >= 11 is 0. The van der Waals surface area contributed by atoms with Crippen molar-refractivity contribution < 1.29 is 0 Å². The summed E-state index contributed by atoms with van der Waals surface area (Å²) in [7, 11) is 0. The van der Waals surface area contributed by atoms with Crippen molar-refractivity contribution in [3.05, 3.63) is 112 Å². The number of hydrogen-bond acceptors (Lipinski definition) is 3. The quantitative estimate of drug-likeness (QED) is 0.398. The summed E-state index contributed by atoms with van der Waals surface area (Å²) in [6, 6.07) is 26.0. The highest BCUT2D eigenvalue weighted by molar-refractivity contribution is 5.76. The topological polar surface area (TPSA) is 38.1 Å². The van der Waals surface area contributed by atoms with E-state index in [1.807, 2.05) is 28.8 Å². The molecule has 1 saturated heterocycles. The minimum atomic E-state index is 0.0962. The molecular weight excluding hydrogens is 430 g/mol. The molecule has 0 radical (unpaired) electrons. The Morgan fingerprint density at radius 2 is 1.49 bits per heavy atom. The summed E-state index contributed by atoms with van der Waals surface area (Å²) in [4.78, 5) is 20.2. The molecule has 1 fully saturated rings. The molecule has 0 saturated carbocycles. The second-order valence-corrected chi connectivity index (χ2v) is 10.2. The van der Waals surface area contributed by atoms with E-state index in [2.05, 4.69) is 58.4 Å². The molecular formula is C31H33N3O. The number of para-hydroxylation sites is 1. The van der Waals surface area contributed by atoms with Gasteiger partial charge in [0.05, 0.1) is 17.2 Å². The summed E-state index contributed by atoms with van der Waals surface area (Å²) in [5.74, 6) is 0.553. The van der Waals surface area contributed by atoms with E-state index < -0.39 is 0 Å². The van der Waals surface area contributed by atoms with Crippen LogP contribution in [-0.2, 0) is 19.3 Å². The van der Waals surface area contributed by atoms with Crippen molar-refractivity contribution in [1.82, 2.24) is 14.5 Å². The number of fused-ring (bicyclic) bond motifs is 3. The van der Waals surface area contributed by atoms with Gasteiger partial charge in [0.15, 0.2) is 0 Å². The number of likely N-dealkylation sites (tertiary alicyclic amines) is 1. The van der Waals surface area contributed by atoms with Crippen LogP contribution in [0.4, 0.5) is 0 Å². The second-order valence-electron chi connectivity index (χ2n) is 10.2. The summed E-state index contributed by atoms with van der Waals surface area (Å²) in [5, 5.41) is 0.723. The number of aromatic nitrogens is 2. The number of benzene rings is 3. The fourth-order valence-corrected chi connectivity index (χ4v) is 6.17. The van der Waals surface area contributed by atoms with Crippen LogP contribution in [0.5, 0.6) is 0 Å². The SMILES string of the molecule is O=c1c2ccccc2ncn1C1CCN(CCC2Cc3ccccc3CCc3ccccc32)CC1. The first-order valence-corrected chi connectivity index (χ1v) is 13.1. The van der Waals surface area contributed by atoms with Crippen LogP contribution in [-0.4, -0.2) is 34.1 Å². The Hall–Kier alpha value is -3.24. The minimum Gasteiger partial charge on any atom is -0.303 e. The Morgan fingerprint density at radius 1 is 0.800 bits per heavy atom. The molecule has 1 aromatic heterocycles. The van der Waals surface area contributed by atoms with Crippen molar-refractivity contribution in [2.24, 2.45) is 0 Å². The van der Waals surface area contributed by atoms with E-state index in [0.29, 0.717) is 5.92 Å². The third-order valence-electron chi connectivity index (χ3n) is 8.18. The van der Waals surface area contributed by atoms with Crippen molar-refractivity contribution >= 4 is 10.9 Å². The van der Waals surface area contributed by atoms with Gasteiger partial charge in [0, 0.05) is 19.1 Å². The lowest BCUT2D eigenvalue weighted by molar-refractivity contribution is 0.179. The van der Waals surface area contributed by atoms with Crippen molar-refractivity contribution in [2.45, 2.75) is 50.5 Å². The zero-order valence-corrected chi connectivity index (χ0v) is 20.3. The van der Waals surface area contributed by atoms with Gasteiger partial charge in [-0.3, -0.25) is 9.36 Å². The molecule has 2 heterocycles. The van der Waals surface area contributed by atoms with Gasteiger partial charge in [0.1, 0.15) is 0 Å². The molecule has 0 spiro atoms. The van der Waals surface area contributed by atoms with Crippen LogP contribution in [0, 0.1) is 0 Å². The highest BCUT2D eigenvalue weighted by atomic mass is 16.1. The van der Waals surface area contributed by atoms with Gasteiger partial charge in [-0.2, -0.15) is 0 Å². The third-order valence-corrected chi connectivity index (χ3v) is 8.18. The molecule has 1 unspecified atom stereocenters. The molecule has 2 aliphatic rings. The Labute approximate surface area is 207 Å². The maximum atomic E-state index is 13.0. The molecule has 1 aliphatic heterocycles. The minimum absolute atomic E-state index is 0.0962. The van der Waals surface area contributed by atoms with Gasteiger partial charge in [0.2, 0.25) is 0 Å². The van der Waals surface area contributed by atoms with Crippen LogP contribution in [0.25, 0.3) is 10.9 Å². The van der Waals surface area contributed by atoms with Crippen LogP contribution in [0.3, 0.4) is 0 Å². The predicted molar refractivity (Wildman–Crippen MR) is 142 cm³/mol. The number of hydrogen-bond donors (Lipinski definition) is 0. The Balaban J connectivity index is 1.14. The first kappa shape index (κ1) is 22.2. The van der Waals surface area contributed by atoms with Gasteiger partial charge in [0.25, 0.3) is 5.56 Å². The van der Waals surface area contributed by atoms with Crippen molar-refractivity contribution in [1.29, 1.82) is 0 Å². The molecule has 0 amide bonds. The highest BCUT2D eigenvalue weighted by Gasteiger charge is 2.25. The highest BCUT2D eigenvalue weighted by Crippen LogP contribution is 2.33. The summed E-state index contributed by atoms with van der Waals surface area (Å²) in [6.07, 6.45) is 8.33. The van der Waals surface area contributed by atoms with Crippen molar-refractivity contribution in [2.75, 3.05) is 19.6 Å². The average molecular weight is 464 g/mol. The average Bonchev–Trinajstić information content (AvgIpc) is 2.90. The smallest absolute Gasteiger partial charge is 0.261 e. The maximum Gasteiger partial charge on any atom is 0.261 e. The summed E-state index contributed by atoms with van der Waals surface area (Å²) in [6.45, 7) is 3.18. The molecule has 1 aliphatic carbocycles. The van der Waals surface area contributed by atoms with E-state index in [1.165, 1.54) is 23.1 Å². The van der Waals surface area contributed by atoms with Crippen LogP contribution in [0.2, 0.25) is 0 Å². The van der Waals surface area contributed by atoms with Gasteiger partial charge in [-0.15, -0.1) is 0 Å². The molecule has 3 aromatic carbocycles. The van der Waals surface area contributed by atoms with E-state index in [1.54, 1.807) is 11.9 Å². The van der Waals surface area contributed by atoms with E-state index in [9.17, 15) is 4.79 Å². The summed E-state index contributed by atoms with van der Waals surface area (Å²) < 4.78 is 1.88. The first-order chi connectivity index (χ1) is 17.3. The van der Waals surface area contributed by atoms with Gasteiger partial charge in [-0.05, 0) is 85.4 Å². The number of aryl methyl sites for hydroxylation is 2. The molecule has 1 atom stereocenters. The molecule has 0 N–H and O–H groups in total. The monoisotopic (exact) mass is 463 g/mol. The molecule has 178 valence electrons. The molecule has 4 aromatic rings.